The van der Waals surface area contributed by atoms with Crippen LogP contribution in [-0.4, -0.2) is 17.4 Å². The molecule has 0 saturated carbocycles. The number of hydrogen-bond donors (Lipinski definition) is 1. The van der Waals surface area contributed by atoms with E-state index in [1.54, 1.807) is 4.90 Å². The Hall–Kier alpha value is -1.43. The van der Waals surface area contributed by atoms with Crippen molar-refractivity contribution in [1.29, 1.82) is 0 Å². The van der Waals surface area contributed by atoms with Crippen molar-refractivity contribution in [2.75, 3.05) is 11.4 Å². The zero-order chi connectivity index (χ0) is 13.8. The number of carbonyl (C=O) groups excluding carboxylic acids is 1. The molecule has 1 amide bonds. The Kier molecular flexibility index (Phi) is 6.13. The zero-order valence-electron chi connectivity index (χ0n) is 11.5. The van der Waals surface area contributed by atoms with Crippen molar-refractivity contribution in [2.45, 2.75) is 20.4 Å². The van der Waals surface area contributed by atoms with Crippen molar-refractivity contribution >= 4 is 34.8 Å². The zero-order valence-corrected chi connectivity index (χ0v) is 13.1. The molecule has 2 rings (SSSR count). The van der Waals surface area contributed by atoms with Crippen molar-refractivity contribution in [1.82, 2.24) is 4.98 Å². The standard InChI is InChI=1S/C14H17N3OS.ClH/c1-3-17(14-16-10(2)9-19-14)13(18)12-6-4-11(8-15)5-7-12;/h4-7,9H,3,8,15H2,1-2H3;1H. The summed E-state index contributed by atoms with van der Waals surface area (Å²) in [6, 6.07) is 7.39. The molecule has 0 radical (unpaired) electrons. The van der Waals surface area contributed by atoms with Crippen LogP contribution in [0.1, 0.15) is 28.5 Å². The molecule has 0 unspecified atom stereocenters. The molecule has 1 aromatic heterocycles. The summed E-state index contributed by atoms with van der Waals surface area (Å²) in [6.45, 7) is 4.96. The summed E-state index contributed by atoms with van der Waals surface area (Å²) < 4.78 is 0. The predicted octanol–water partition coefficient (Wildman–Crippen LogP) is 3.00. The van der Waals surface area contributed by atoms with Crippen LogP contribution in [0.5, 0.6) is 0 Å². The van der Waals surface area contributed by atoms with Gasteiger partial charge in [0.05, 0.1) is 5.69 Å². The van der Waals surface area contributed by atoms with Crippen molar-refractivity contribution in [2.24, 2.45) is 5.73 Å². The van der Waals surface area contributed by atoms with E-state index in [1.807, 2.05) is 43.5 Å². The van der Waals surface area contributed by atoms with Gasteiger partial charge in [-0.2, -0.15) is 0 Å². The number of aromatic nitrogens is 1. The number of benzene rings is 1. The summed E-state index contributed by atoms with van der Waals surface area (Å²) in [6.07, 6.45) is 0. The van der Waals surface area contributed by atoms with Gasteiger partial charge in [0.2, 0.25) is 0 Å². The van der Waals surface area contributed by atoms with Gasteiger partial charge >= 0.3 is 0 Å². The number of nitrogens with zero attached hydrogens (tertiary/aromatic N) is 2. The van der Waals surface area contributed by atoms with Crippen molar-refractivity contribution in [3.05, 3.63) is 46.5 Å². The van der Waals surface area contributed by atoms with E-state index in [0.717, 1.165) is 16.4 Å². The normalized spacial score (nSPS) is 9.95. The second-order valence-electron chi connectivity index (χ2n) is 4.22. The SMILES string of the molecule is CCN(C(=O)c1ccc(CN)cc1)c1nc(C)cs1.Cl. The summed E-state index contributed by atoms with van der Waals surface area (Å²) in [5.74, 6) is -0.0274. The Morgan fingerprint density at radius 1 is 1.35 bits per heavy atom. The monoisotopic (exact) mass is 311 g/mol. The summed E-state index contributed by atoms with van der Waals surface area (Å²) in [5.41, 5.74) is 8.16. The summed E-state index contributed by atoms with van der Waals surface area (Å²) in [4.78, 5) is 18.5. The highest BCUT2D eigenvalue weighted by Gasteiger charge is 2.18. The molecule has 108 valence electrons. The molecule has 6 heteroatoms. The fourth-order valence-corrected chi connectivity index (χ4v) is 2.64. The van der Waals surface area contributed by atoms with Crippen LogP contribution in [0.4, 0.5) is 5.13 Å². The molecule has 2 aromatic rings. The molecule has 20 heavy (non-hydrogen) atoms. The van der Waals surface area contributed by atoms with Crippen LogP contribution in [0.25, 0.3) is 0 Å². The number of rotatable bonds is 4. The molecule has 2 N–H and O–H groups in total. The lowest BCUT2D eigenvalue weighted by molar-refractivity contribution is 0.0988. The highest BCUT2D eigenvalue weighted by molar-refractivity contribution is 7.14. The minimum Gasteiger partial charge on any atom is -0.326 e. The number of halogens is 1. The minimum atomic E-state index is -0.0274. The quantitative estimate of drug-likeness (QED) is 0.944. The first kappa shape index (κ1) is 16.6. The first-order valence-corrected chi connectivity index (χ1v) is 7.06. The second-order valence-corrected chi connectivity index (χ2v) is 5.06. The predicted molar refractivity (Wildman–Crippen MR) is 85.8 cm³/mol. The first-order valence-electron chi connectivity index (χ1n) is 6.18. The Balaban J connectivity index is 0.00000200. The molecule has 0 saturated heterocycles. The Morgan fingerprint density at radius 2 is 2.00 bits per heavy atom. The maximum Gasteiger partial charge on any atom is 0.260 e. The van der Waals surface area contributed by atoms with Crippen LogP contribution < -0.4 is 10.6 Å². The third-order valence-corrected chi connectivity index (χ3v) is 3.82. The van der Waals surface area contributed by atoms with Gasteiger partial charge in [0.15, 0.2) is 5.13 Å². The highest BCUT2D eigenvalue weighted by Crippen LogP contribution is 2.22. The Bertz CT molecular complexity index is 568. The Morgan fingerprint density at radius 3 is 2.45 bits per heavy atom. The van der Waals surface area contributed by atoms with Crippen molar-refractivity contribution < 1.29 is 4.79 Å². The van der Waals surface area contributed by atoms with E-state index < -0.39 is 0 Å². The second kappa shape index (κ2) is 7.38. The van der Waals surface area contributed by atoms with Crippen LogP contribution in [0.2, 0.25) is 0 Å². The molecule has 1 aromatic carbocycles. The molecule has 0 spiro atoms. The number of nitrogens with two attached hydrogens (primary N) is 1. The molecule has 1 heterocycles. The average Bonchev–Trinajstić information content (AvgIpc) is 2.86. The summed E-state index contributed by atoms with van der Waals surface area (Å²) in [5, 5.41) is 2.69. The van der Waals surface area contributed by atoms with Gasteiger partial charge in [0.1, 0.15) is 0 Å². The maximum absolute atomic E-state index is 12.4. The number of thiazole rings is 1. The number of amides is 1. The smallest absolute Gasteiger partial charge is 0.260 e. The van der Waals surface area contributed by atoms with Crippen LogP contribution in [0.15, 0.2) is 29.6 Å². The van der Waals surface area contributed by atoms with Gasteiger partial charge in [-0.15, -0.1) is 23.7 Å². The highest BCUT2D eigenvalue weighted by atomic mass is 35.5. The Labute approximate surface area is 129 Å². The topological polar surface area (TPSA) is 59.2 Å². The van der Waals surface area contributed by atoms with Gasteiger partial charge in [-0.3, -0.25) is 9.69 Å². The molecule has 0 fully saturated rings. The first-order chi connectivity index (χ1) is 9.15. The van der Waals surface area contributed by atoms with Gasteiger partial charge < -0.3 is 5.73 Å². The van der Waals surface area contributed by atoms with E-state index in [0.29, 0.717) is 18.7 Å². The molecular formula is C14H18ClN3OS. The van der Waals surface area contributed by atoms with Crippen LogP contribution in [0.3, 0.4) is 0 Å². The summed E-state index contributed by atoms with van der Waals surface area (Å²) >= 11 is 1.49. The molecule has 0 bridgehead atoms. The molecule has 4 nitrogen and oxygen atoms in total. The van der Waals surface area contributed by atoms with Crippen LogP contribution >= 0.6 is 23.7 Å². The van der Waals surface area contributed by atoms with E-state index in [9.17, 15) is 4.79 Å². The van der Waals surface area contributed by atoms with Gasteiger partial charge in [-0.25, -0.2) is 4.98 Å². The minimum absolute atomic E-state index is 0. The summed E-state index contributed by atoms with van der Waals surface area (Å²) in [7, 11) is 0. The molecule has 0 atom stereocenters. The maximum atomic E-state index is 12.4. The third kappa shape index (κ3) is 3.56. The third-order valence-electron chi connectivity index (χ3n) is 2.84. The largest absolute Gasteiger partial charge is 0.326 e. The molecule has 0 aliphatic rings. The van der Waals surface area contributed by atoms with Gasteiger partial charge in [-0.1, -0.05) is 12.1 Å². The lowest BCUT2D eigenvalue weighted by Gasteiger charge is -2.17. The van der Waals surface area contributed by atoms with Gasteiger partial charge in [-0.05, 0) is 31.5 Å². The number of anilines is 1. The average molecular weight is 312 g/mol. The van der Waals surface area contributed by atoms with E-state index in [2.05, 4.69) is 4.98 Å². The number of hydrogen-bond acceptors (Lipinski definition) is 4. The van der Waals surface area contributed by atoms with Gasteiger partial charge in [0.25, 0.3) is 5.91 Å². The van der Waals surface area contributed by atoms with Crippen molar-refractivity contribution in [3.8, 4) is 0 Å². The number of carbonyl (C=O) groups is 1. The van der Waals surface area contributed by atoms with Crippen molar-refractivity contribution in [3.63, 3.8) is 0 Å². The lowest BCUT2D eigenvalue weighted by Crippen LogP contribution is -2.30. The van der Waals surface area contributed by atoms with Gasteiger partial charge in [0, 0.05) is 24.0 Å². The molecular weight excluding hydrogens is 294 g/mol. The van der Waals surface area contributed by atoms with E-state index in [4.69, 9.17) is 5.73 Å². The van der Waals surface area contributed by atoms with E-state index in [-0.39, 0.29) is 18.3 Å². The fourth-order valence-electron chi connectivity index (χ4n) is 1.77. The lowest BCUT2D eigenvalue weighted by atomic mass is 10.1. The molecule has 0 aliphatic carbocycles. The van der Waals surface area contributed by atoms with Crippen LogP contribution in [-0.2, 0) is 6.54 Å². The fraction of sp³-hybridized carbons (Fsp3) is 0.286. The number of aryl methyl sites for hydroxylation is 1. The molecule has 0 aliphatic heterocycles. The van der Waals surface area contributed by atoms with E-state index in [1.165, 1.54) is 11.3 Å². The van der Waals surface area contributed by atoms with E-state index >= 15 is 0 Å². The van der Waals surface area contributed by atoms with Crippen LogP contribution in [0, 0.1) is 6.92 Å².